The molecule has 0 fully saturated rings. The van der Waals surface area contributed by atoms with Crippen molar-refractivity contribution in [2.24, 2.45) is 5.92 Å². The Hall–Kier alpha value is -1.16. The van der Waals surface area contributed by atoms with Crippen LogP contribution in [-0.4, -0.2) is 16.1 Å². The zero-order chi connectivity index (χ0) is 9.84. The van der Waals surface area contributed by atoms with Crippen LogP contribution in [0.4, 0.5) is 5.82 Å². The van der Waals surface area contributed by atoms with E-state index < -0.39 is 0 Å². The summed E-state index contributed by atoms with van der Waals surface area (Å²) in [6, 6.07) is 3.18. The number of nitrogens with one attached hydrogen (secondary N) is 1. The van der Waals surface area contributed by atoms with Crippen LogP contribution in [0.25, 0.3) is 0 Å². The first-order valence-electron chi connectivity index (χ1n) is 3.89. The van der Waals surface area contributed by atoms with Crippen LogP contribution < -0.4 is 5.32 Å². The summed E-state index contributed by atoms with van der Waals surface area (Å²) in [6.07, 6.45) is 0. The molecule has 0 radical (unpaired) electrons. The minimum Gasteiger partial charge on any atom is -0.309 e. The van der Waals surface area contributed by atoms with Gasteiger partial charge in [-0.15, -0.1) is 10.2 Å². The summed E-state index contributed by atoms with van der Waals surface area (Å²) in [5.74, 6) is 0.261. The van der Waals surface area contributed by atoms with Gasteiger partial charge in [-0.25, -0.2) is 0 Å². The molecule has 5 heteroatoms. The molecule has 0 saturated carbocycles. The lowest BCUT2D eigenvalue weighted by atomic mass is 10.2. The van der Waals surface area contributed by atoms with Crippen molar-refractivity contribution in [3.05, 3.63) is 17.3 Å². The Labute approximate surface area is 81.3 Å². The molecule has 1 amide bonds. The van der Waals surface area contributed by atoms with Crippen molar-refractivity contribution in [3.8, 4) is 0 Å². The zero-order valence-electron chi connectivity index (χ0n) is 7.41. The summed E-state index contributed by atoms with van der Waals surface area (Å²) in [5.41, 5.74) is 0. The molecule has 1 N–H and O–H groups in total. The van der Waals surface area contributed by atoms with Crippen LogP contribution in [0.15, 0.2) is 12.1 Å². The largest absolute Gasteiger partial charge is 0.309 e. The predicted octanol–water partition coefficient (Wildman–Crippen LogP) is 1.72. The molecule has 1 heterocycles. The average Bonchev–Trinajstić information content (AvgIpc) is 2.08. The maximum atomic E-state index is 11.2. The van der Waals surface area contributed by atoms with Gasteiger partial charge in [0.15, 0.2) is 11.0 Å². The van der Waals surface area contributed by atoms with Crippen molar-refractivity contribution < 1.29 is 4.79 Å². The van der Waals surface area contributed by atoms with E-state index in [0.29, 0.717) is 11.0 Å². The Bertz CT molecular complexity index is 297. The number of carbonyl (C=O) groups is 1. The Kier molecular flexibility index (Phi) is 3.19. The van der Waals surface area contributed by atoms with Gasteiger partial charge >= 0.3 is 0 Å². The molecule has 13 heavy (non-hydrogen) atoms. The van der Waals surface area contributed by atoms with Crippen LogP contribution in [0.3, 0.4) is 0 Å². The van der Waals surface area contributed by atoms with Crippen molar-refractivity contribution in [1.29, 1.82) is 0 Å². The van der Waals surface area contributed by atoms with Crippen molar-refractivity contribution in [3.63, 3.8) is 0 Å². The third-order valence-corrected chi connectivity index (χ3v) is 1.61. The fourth-order valence-corrected chi connectivity index (χ4v) is 0.754. The molecule has 0 aliphatic carbocycles. The van der Waals surface area contributed by atoms with E-state index in [1.165, 1.54) is 0 Å². The molecule has 0 aliphatic rings. The molecule has 1 aromatic heterocycles. The number of nitrogens with zero attached hydrogens (tertiary/aromatic N) is 2. The van der Waals surface area contributed by atoms with E-state index in [-0.39, 0.29) is 11.8 Å². The standard InChI is InChI=1S/C8H10ClN3O/c1-5(2)8(13)10-7-4-3-6(9)11-12-7/h3-5H,1-2H3,(H,10,12,13). The topological polar surface area (TPSA) is 54.9 Å². The first-order valence-corrected chi connectivity index (χ1v) is 4.27. The molecule has 0 aliphatic heterocycles. The fraction of sp³-hybridized carbons (Fsp3) is 0.375. The van der Waals surface area contributed by atoms with Crippen molar-refractivity contribution >= 4 is 23.3 Å². The Morgan fingerprint density at radius 2 is 2.15 bits per heavy atom. The summed E-state index contributed by atoms with van der Waals surface area (Å²) in [4.78, 5) is 11.2. The number of amides is 1. The minimum atomic E-state index is -0.0865. The van der Waals surface area contributed by atoms with E-state index in [0.717, 1.165) is 0 Å². The smallest absolute Gasteiger partial charge is 0.228 e. The fourth-order valence-electron chi connectivity index (χ4n) is 0.653. The first-order chi connectivity index (χ1) is 6.09. The summed E-state index contributed by atoms with van der Waals surface area (Å²) in [5, 5.41) is 10.2. The van der Waals surface area contributed by atoms with Crippen LogP contribution in [-0.2, 0) is 4.79 Å². The number of halogens is 1. The van der Waals surface area contributed by atoms with Gasteiger partial charge < -0.3 is 5.32 Å². The van der Waals surface area contributed by atoms with Gasteiger partial charge in [-0.2, -0.15) is 0 Å². The first kappa shape index (κ1) is 9.92. The highest BCUT2D eigenvalue weighted by molar-refractivity contribution is 6.29. The molecule has 0 bridgehead atoms. The van der Waals surface area contributed by atoms with Crippen LogP contribution in [0, 0.1) is 5.92 Å². The molecule has 4 nitrogen and oxygen atoms in total. The predicted molar refractivity (Wildman–Crippen MR) is 50.5 cm³/mol. The van der Waals surface area contributed by atoms with E-state index >= 15 is 0 Å². The number of aromatic nitrogens is 2. The molecular weight excluding hydrogens is 190 g/mol. The van der Waals surface area contributed by atoms with Gasteiger partial charge in [0.2, 0.25) is 5.91 Å². The number of rotatable bonds is 2. The lowest BCUT2D eigenvalue weighted by Crippen LogP contribution is -2.18. The third kappa shape index (κ3) is 2.99. The summed E-state index contributed by atoms with van der Waals surface area (Å²) >= 11 is 5.52. The number of carbonyl (C=O) groups excluding carboxylic acids is 1. The Morgan fingerprint density at radius 1 is 1.46 bits per heavy atom. The van der Waals surface area contributed by atoms with E-state index in [4.69, 9.17) is 11.6 Å². The van der Waals surface area contributed by atoms with Crippen LogP contribution in [0.1, 0.15) is 13.8 Å². The van der Waals surface area contributed by atoms with Gasteiger partial charge in [-0.3, -0.25) is 4.79 Å². The van der Waals surface area contributed by atoms with Crippen molar-refractivity contribution in [2.45, 2.75) is 13.8 Å². The SMILES string of the molecule is CC(C)C(=O)Nc1ccc(Cl)nn1. The molecule has 0 spiro atoms. The van der Waals surface area contributed by atoms with Crippen LogP contribution >= 0.6 is 11.6 Å². The number of anilines is 1. The van der Waals surface area contributed by atoms with Gasteiger partial charge in [-0.05, 0) is 12.1 Å². The molecule has 70 valence electrons. The van der Waals surface area contributed by atoms with Crippen LogP contribution in [0.2, 0.25) is 5.15 Å². The summed E-state index contributed by atoms with van der Waals surface area (Å²) in [6.45, 7) is 3.61. The van der Waals surface area contributed by atoms with E-state index in [2.05, 4.69) is 15.5 Å². The molecule has 0 unspecified atom stereocenters. The van der Waals surface area contributed by atoms with Gasteiger partial charge in [0.25, 0.3) is 0 Å². The molecule has 1 rings (SSSR count). The highest BCUT2D eigenvalue weighted by atomic mass is 35.5. The van der Waals surface area contributed by atoms with Crippen LogP contribution in [0.5, 0.6) is 0 Å². The average molecular weight is 200 g/mol. The van der Waals surface area contributed by atoms with Crippen molar-refractivity contribution in [2.75, 3.05) is 5.32 Å². The van der Waals surface area contributed by atoms with E-state index in [9.17, 15) is 4.79 Å². The molecule has 0 atom stereocenters. The van der Waals surface area contributed by atoms with E-state index in [1.807, 2.05) is 0 Å². The highest BCUT2D eigenvalue weighted by Crippen LogP contribution is 2.07. The maximum Gasteiger partial charge on any atom is 0.228 e. The second kappa shape index (κ2) is 4.18. The van der Waals surface area contributed by atoms with Gasteiger partial charge in [0, 0.05) is 5.92 Å². The zero-order valence-corrected chi connectivity index (χ0v) is 8.17. The highest BCUT2D eigenvalue weighted by Gasteiger charge is 2.07. The normalized spacial score (nSPS) is 10.2. The van der Waals surface area contributed by atoms with Gasteiger partial charge in [0.05, 0.1) is 0 Å². The number of hydrogen-bond donors (Lipinski definition) is 1. The van der Waals surface area contributed by atoms with Gasteiger partial charge in [0.1, 0.15) is 0 Å². The van der Waals surface area contributed by atoms with Crippen molar-refractivity contribution in [1.82, 2.24) is 10.2 Å². The third-order valence-electron chi connectivity index (χ3n) is 1.41. The quantitative estimate of drug-likeness (QED) is 0.789. The molecule has 0 aromatic carbocycles. The number of hydrogen-bond acceptors (Lipinski definition) is 3. The Balaban J connectivity index is 2.65. The van der Waals surface area contributed by atoms with Gasteiger partial charge in [-0.1, -0.05) is 25.4 Å². The second-order valence-corrected chi connectivity index (χ2v) is 3.27. The minimum absolute atomic E-state index is 0.0718. The maximum absolute atomic E-state index is 11.2. The Morgan fingerprint density at radius 3 is 2.62 bits per heavy atom. The summed E-state index contributed by atoms with van der Waals surface area (Å²) in [7, 11) is 0. The molecule has 0 saturated heterocycles. The second-order valence-electron chi connectivity index (χ2n) is 2.89. The summed E-state index contributed by atoms with van der Waals surface area (Å²) < 4.78 is 0. The molecule has 1 aromatic rings. The molecular formula is C8H10ClN3O. The monoisotopic (exact) mass is 199 g/mol. The lowest BCUT2D eigenvalue weighted by molar-refractivity contribution is -0.118. The lowest BCUT2D eigenvalue weighted by Gasteiger charge is -2.05. The van der Waals surface area contributed by atoms with E-state index in [1.54, 1.807) is 26.0 Å².